The first-order chi connectivity index (χ1) is 13.6. The van der Waals surface area contributed by atoms with Crippen molar-refractivity contribution >= 4 is 17.4 Å². The molecule has 0 aliphatic carbocycles. The quantitative estimate of drug-likeness (QED) is 0.713. The summed E-state index contributed by atoms with van der Waals surface area (Å²) in [6.07, 6.45) is 1.37. The smallest absolute Gasteiger partial charge is 0.259 e. The molecule has 2 heterocycles. The Bertz CT molecular complexity index is 991. The summed E-state index contributed by atoms with van der Waals surface area (Å²) in [5.74, 6) is -0.0271. The number of nitrogens with zero attached hydrogens (tertiary/aromatic N) is 2. The minimum absolute atomic E-state index is 0.0876. The minimum Gasteiger partial charge on any atom is -0.386 e. The number of aliphatic hydroxyl groups is 1. The average molecular weight is 377 g/mol. The van der Waals surface area contributed by atoms with Gasteiger partial charge in [-0.05, 0) is 36.2 Å². The Morgan fingerprint density at radius 3 is 2.71 bits per heavy atom. The number of carbonyl (C=O) groups excluding carboxylic acids is 1. The molecule has 2 aromatic carbocycles. The van der Waals surface area contributed by atoms with Gasteiger partial charge in [0, 0.05) is 30.5 Å². The molecule has 1 aliphatic rings. The fraction of sp³-hybridized carbons (Fsp3) is 0.182. The molecule has 0 bridgehead atoms. The maximum absolute atomic E-state index is 13.7. The summed E-state index contributed by atoms with van der Waals surface area (Å²) >= 11 is 0. The van der Waals surface area contributed by atoms with Crippen molar-refractivity contribution in [3.05, 3.63) is 89.4 Å². The van der Waals surface area contributed by atoms with Crippen molar-refractivity contribution in [3.8, 4) is 0 Å². The third-order valence-electron chi connectivity index (χ3n) is 4.88. The summed E-state index contributed by atoms with van der Waals surface area (Å²) < 4.78 is 13.7. The van der Waals surface area contributed by atoms with Gasteiger partial charge in [-0.2, -0.15) is 0 Å². The first kappa shape index (κ1) is 18.1. The van der Waals surface area contributed by atoms with Crippen LogP contribution in [0.5, 0.6) is 0 Å². The SMILES string of the molecule is O=C(c1ccc(NCC(O)c2ccccc2F)nc1)N1CCc2ccccc21. The Labute approximate surface area is 162 Å². The Balaban J connectivity index is 1.40. The number of amides is 1. The van der Waals surface area contributed by atoms with Crippen molar-refractivity contribution in [3.63, 3.8) is 0 Å². The summed E-state index contributed by atoms with van der Waals surface area (Å²) in [6, 6.07) is 17.4. The summed E-state index contributed by atoms with van der Waals surface area (Å²) in [7, 11) is 0. The molecule has 1 amide bonds. The normalized spacial score (nSPS) is 13.9. The molecule has 1 aromatic heterocycles. The van der Waals surface area contributed by atoms with Crippen LogP contribution in [0.1, 0.15) is 27.6 Å². The highest BCUT2D eigenvalue weighted by molar-refractivity contribution is 6.07. The number of para-hydroxylation sites is 1. The first-order valence-electron chi connectivity index (χ1n) is 9.15. The fourth-order valence-corrected chi connectivity index (χ4v) is 3.39. The Kier molecular flexibility index (Phi) is 5.04. The predicted molar refractivity (Wildman–Crippen MR) is 106 cm³/mol. The van der Waals surface area contributed by atoms with Crippen LogP contribution in [0.4, 0.5) is 15.9 Å². The van der Waals surface area contributed by atoms with Crippen LogP contribution in [0.3, 0.4) is 0 Å². The van der Waals surface area contributed by atoms with E-state index in [1.807, 2.05) is 24.3 Å². The zero-order valence-electron chi connectivity index (χ0n) is 15.2. The standard InChI is InChI=1S/C22H20FN3O2/c23-18-7-3-2-6-17(18)20(27)14-25-21-10-9-16(13-24-21)22(28)26-12-11-15-5-1-4-8-19(15)26/h1-10,13,20,27H,11-12,14H2,(H,24,25). The number of halogens is 1. The number of benzene rings is 2. The molecule has 0 spiro atoms. The van der Waals surface area contributed by atoms with Gasteiger partial charge in [0.2, 0.25) is 0 Å². The topological polar surface area (TPSA) is 65.5 Å². The van der Waals surface area contributed by atoms with Gasteiger partial charge in [0.05, 0.1) is 11.7 Å². The van der Waals surface area contributed by atoms with Crippen LogP contribution < -0.4 is 10.2 Å². The van der Waals surface area contributed by atoms with Gasteiger partial charge in [-0.3, -0.25) is 4.79 Å². The maximum atomic E-state index is 13.7. The molecule has 28 heavy (non-hydrogen) atoms. The molecule has 0 fully saturated rings. The number of fused-ring (bicyclic) bond motifs is 1. The largest absolute Gasteiger partial charge is 0.386 e. The average Bonchev–Trinajstić information content (AvgIpc) is 3.16. The van der Waals surface area contributed by atoms with Gasteiger partial charge in [0.15, 0.2) is 0 Å². The summed E-state index contributed by atoms with van der Waals surface area (Å²) in [5.41, 5.74) is 2.85. The van der Waals surface area contributed by atoms with Crippen molar-refractivity contribution in [2.75, 3.05) is 23.3 Å². The number of anilines is 2. The molecule has 0 saturated heterocycles. The molecule has 5 nitrogen and oxygen atoms in total. The van der Waals surface area contributed by atoms with E-state index in [2.05, 4.69) is 10.3 Å². The van der Waals surface area contributed by atoms with Crippen molar-refractivity contribution < 1.29 is 14.3 Å². The second kappa shape index (κ2) is 7.78. The molecule has 2 N–H and O–H groups in total. The molecule has 6 heteroatoms. The molecular weight excluding hydrogens is 357 g/mol. The minimum atomic E-state index is -0.995. The first-order valence-corrected chi connectivity index (χ1v) is 9.15. The summed E-state index contributed by atoms with van der Waals surface area (Å²) in [5, 5.41) is 13.1. The van der Waals surface area contributed by atoms with E-state index in [-0.39, 0.29) is 18.0 Å². The van der Waals surface area contributed by atoms with Crippen LogP contribution in [0.25, 0.3) is 0 Å². The van der Waals surface area contributed by atoms with Gasteiger partial charge in [0.25, 0.3) is 5.91 Å². The van der Waals surface area contributed by atoms with Crippen molar-refractivity contribution in [1.82, 2.24) is 4.98 Å². The molecule has 0 radical (unpaired) electrons. The molecule has 142 valence electrons. The van der Waals surface area contributed by atoms with Gasteiger partial charge >= 0.3 is 0 Å². The summed E-state index contributed by atoms with van der Waals surface area (Å²) in [6.45, 7) is 0.772. The molecule has 4 rings (SSSR count). The lowest BCUT2D eigenvalue weighted by Crippen LogP contribution is -2.29. The number of rotatable bonds is 5. The van der Waals surface area contributed by atoms with E-state index in [0.717, 1.165) is 12.1 Å². The monoisotopic (exact) mass is 377 g/mol. The highest BCUT2D eigenvalue weighted by Gasteiger charge is 2.25. The number of pyridine rings is 1. The van der Waals surface area contributed by atoms with Gasteiger partial charge in [-0.1, -0.05) is 36.4 Å². The Morgan fingerprint density at radius 2 is 1.93 bits per heavy atom. The molecule has 1 unspecified atom stereocenters. The van der Waals surface area contributed by atoms with Crippen LogP contribution >= 0.6 is 0 Å². The van der Waals surface area contributed by atoms with E-state index in [9.17, 15) is 14.3 Å². The van der Waals surface area contributed by atoms with E-state index in [4.69, 9.17) is 0 Å². The van der Waals surface area contributed by atoms with Gasteiger partial charge in [0.1, 0.15) is 11.6 Å². The van der Waals surface area contributed by atoms with E-state index >= 15 is 0 Å². The number of carbonyl (C=O) groups is 1. The van der Waals surface area contributed by atoms with Crippen molar-refractivity contribution in [2.45, 2.75) is 12.5 Å². The van der Waals surface area contributed by atoms with E-state index < -0.39 is 11.9 Å². The third kappa shape index (κ3) is 3.59. The Morgan fingerprint density at radius 1 is 1.14 bits per heavy atom. The molecule has 0 saturated carbocycles. The van der Waals surface area contributed by atoms with Crippen molar-refractivity contribution in [1.29, 1.82) is 0 Å². The Hall–Kier alpha value is -3.25. The van der Waals surface area contributed by atoms with Crippen LogP contribution in [-0.4, -0.2) is 29.1 Å². The second-order valence-electron chi connectivity index (χ2n) is 6.69. The molecular formula is C22H20FN3O2. The lowest BCUT2D eigenvalue weighted by Gasteiger charge is -2.17. The second-order valence-corrected chi connectivity index (χ2v) is 6.69. The zero-order valence-corrected chi connectivity index (χ0v) is 15.2. The van der Waals surface area contributed by atoms with E-state index in [1.54, 1.807) is 35.2 Å². The third-order valence-corrected chi connectivity index (χ3v) is 4.88. The van der Waals surface area contributed by atoms with Gasteiger partial charge in [-0.15, -0.1) is 0 Å². The van der Waals surface area contributed by atoms with Crippen LogP contribution in [0, 0.1) is 5.82 Å². The maximum Gasteiger partial charge on any atom is 0.259 e. The van der Waals surface area contributed by atoms with Crippen molar-refractivity contribution in [2.24, 2.45) is 0 Å². The van der Waals surface area contributed by atoms with Crippen LogP contribution in [0.15, 0.2) is 66.9 Å². The number of hydrogen-bond acceptors (Lipinski definition) is 4. The van der Waals surface area contributed by atoms with Gasteiger partial charge < -0.3 is 15.3 Å². The highest BCUT2D eigenvalue weighted by Crippen LogP contribution is 2.28. The number of hydrogen-bond donors (Lipinski definition) is 2. The van der Waals surface area contributed by atoms with Crippen LogP contribution in [0.2, 0.25) is 0 Å². The predicted octanol–water partition coefficient (Wildman–Crippen LogP) is 3.57. The summed E-state index contributed by atoms with van der Waals surface area (Å²) in [4.78, 5) is 18.8. The zero-order chi connectivity index (χ0) is 19.5. The van der Waals surface area contributed by atoms with E-state index in [0.29, 0.717) is 17.9 Å². The molecule has 3 aromatic rings. The van der Waals surface area contributed by atoms with Crippen LogP contribution in [-0.2, 0) is 6.42 Å². The highest BCUT2D eigenvalue weighted by atomic mass is 19.1. The van der Waals surface area contributed by atoms with E-state index in [1.165, 1.54) is 17.8 Å². The lowest BCUT2D eigenvalue weighted by molar-refractivity contribution is 0.0989. The molecule has 1 aliphatic heterocycles. The van der Waals surface area contributed by atoms with Gasteiger partial charge in [-0.25, -0.2) is 9.37 Å². The molecule has 1 atom stereocenters. The number of aromatic nitrogens is 1. The number of nitrogens with one attached hydrogen (secondary N) is 1. The number of aliphatic hydroxyl groups excluding tert-OH is 1. The lowest BCUT2D eigenvalue weighted by atomic mass is 10.1. The fourth-order valence-electron chi connectivity index (χ4n) is 3.39.